The molecule has 0 amide bonds. The van der Waals surface area contributed by atoms with Crippen molar-refractivity contribution in [1.82, 2.24) is 4.90 Å². The number of likely N-dealkylation sites (tertiary alicyclic amines) is 1. The van der Waals surface area contributed by atoms with E-state index in [2.05, 4.69) is 66.4 Å². The van der Waals surface area contributed by atoms with Gasteiger partial charge < -0.3 is 4.74 Å². The smallest absolute Gasteiger partial charge is 0.119 e. The zero-order valence-electron chi connectivity index (χ0n) is 14.8. The maximum absolute atomic E-state index is 6.12. The maximum Gasteiger partial charge on any atom is 0.119 e. The molecule has 1 aliphatic heterocycles. The minimum Gasteiger partial charge on any atom is -0.489 e. The SMILES string of the molecule is CC(CN1CCCCCC1)Oc1ccc(Cc2ccccc2)cc1. The molecule has 2 heteroatoms. The van der Waals surface area contributed by atoms with Crippen molar-refractivity contribution >= 4 is 0 Å². The van der Waals surface area contributed by atoms with Crippen LogP contribution in [0.5, 0.6) is 5.75 Å². The first-order valence-electron chi connectivity index (χ1n) is 9.31. The Kier molecular flexibility index (Phi) is 6.31. The Labute approximate surface area is 146 Å². The molecule has 3 rings (SSSR count). The van der Waals surface area contributed by atoms with E-state index in [1.807, 2.05) is 0 Å². The molecule has 1 unspecified atom stereocenters. The highest BCUT2D eigenvalue weighted by molar-refractivity contribution is 5.31. The average Bonchev–Trinajstić information content (AvgIpc) is 2.86. The predicted octanol–water partition coefficient (Wildman–Crippen LogP) is 4.92. The van der Waals surface area contributed by atoms with Crippen LogP contribution < -0.4 is 4.74 Å². The van der Waals surface area contributed by atoms with Crippen molar-refractivity contribution in [2.75, 3.05) is 19.6 Å². The second-order valence-corrected chi connectivity index (χ2v) is 6.95. The summed E-state index contributed by atoms with van der Waals surface area (Å²) < 4.78 is 6.12. The van der Waals surface area contributed by atoms with E-state index in [1.165, 1.54) is 49.9 Å². The van der Waals surface area contributed by atoms with Crippen molar-refractivity contribution < 1.29 is 4.74 Å². The van der Waals surface area contributed by atoms with Crippen molar-refractivity contribution in [3.05, 3.63) is 65.7 Å². The quantitative estimate of drug-likeness (QED) is 0.748. The summed E-state index contributed by atoms with van der Waals surface area (Å²) in [5.41, 5.74) is 2.68. The Balaban J connectivity index is 1.50. The van der Waals surface area contributed by atoms with Gasteiger partial charge in [-0.05, 0) is 62.5 Å². The zero-order chi connectivity index (χ0) is 16.6. The summed E-state index contributed by atoms with van der Waals surface area (Å²) in [6, 6.07) is 19.2. The molecule has 0 saturated carbocycles. The van der Waals surface area contributed by atoms with E-state index in [-0.39, 0.29) is 6.10 Å². The van der Waals surface area contributed by atoms with Gasteiger partial charge in [-0.1, -0.05) is 55.3 Å². The topological polar surface area (TPSA) is 12.5 Å². The molecule has 1 saturated heterocycles. The van der Waals surface area contributed by atoms with Crippen molar-refractivity contribution in [3.8, 4) is 5.75 Å². The van der Waals surface area contributed by atoms with E-state index in [4.69, 9.17) is 4.74 Å². The molecular weight excluding hydrogens is 294 g/mol. The standard InChI is InChI=1S/C22H29NO/c1-19(18-23-15-7-2-3-8-16-23)24-22-13-11-21(12-14-22)17-20-9-5-4-6-10-20/h4-6,9-14,19H,2-3,7-8,15-18H2,1H3. The molecule has 1 fully saturated rings. The van der Waals surface area contributed by atoms with Gasteiger partial charge in [0.05, 0.1) is 0 Å². The molecule has 1 atom stereocenters. The molecule has 2 aromatic rings. The predicted molar refractivity (Wildman–Crippen MR) is 101 cm³/mol. The number of benzene rings is 2. The Bertz CT molecular complexity index is 585. The molecule has 0 N–H and O–H groups in total. The number of nitrogens with zero attached hydrogens (tertiary/aromatic N) is 1. The first-order valence-corrected chi connectivity index (χ1v) is 9.31. The Morgan fingerprint density at radius 3 is 2.12 bits per heavy atom. The Morgan fingerprint density at radius 1 is 0.833 bits per heavy atom. The van der Waals surface area contributed by atoms with Crippen LogP contribution in [0.25, 0.3) is 0 Å². The normalized spacial score (nSPS) is 17.2. The molecule has 24 heavy (non-hydrogen) atoms. The van der Waals surface area contributed by atoms with Crippen LogP contribution in [0.1, 0.15) is 43.7 Å². The largest absolute Gasteiger partial charge is 0.489 e. The number of hydrogen-bond acceptors (Lipinski definition) is 2. The summed E-state index contributed by atoms with van der Waals surface area (Å²) in [5, 5.41) is 0. The summed E-state index contributed by atoms with van der Waals surface area (Å²) in [5.74, 6) is 0.981. The number of hydrogen-bond donors (Lipinski definition) is 0. The Morgan fingerprint density at radius 2 is 1.46 bits per heavy atom. The second-order valence-electron chi connectivity index (χ2n) is 6.95. The second kappa shape index (κ2) is 8.89. The molecule has 2 aromatic carbocycles. The molecule has 1 aliphatic rings. The van der Waals surface area contributed by atoms with Gasteiger partial charge in [0.25, 0.3) is 0 Å². The molecule has 2 nitrogen and oxygen atoms in total. The van der Waals surface area contributed by atoms with Crippen molar-refractivity contribution in [2.24, 2.45) is 0 Å². The van der Waals surface area contributed by atoms with E-state index in [9.17, 15) is 0 Å². The van der Waals surface area contributed by atoms with Crippen molar-refractivity contribution in [3.63, 3.8) is 0 Å². The fraction of sp³-hybridized carbons (Fsp3) is 0.455. The van der Waals surface area contributed by atoms with Crippen LogP contribution in [0.2, 0.25) is 0 Å². The third kappa shape index (κ3) is 5.38. The molecular formula is C22H29NO. The summed E-state index contributed by atoms with van der Waals surface area (Å²) in [4.78, 5) is 2.56. The van der Waals surface area contributed by atoms with Gasteiger partial charge >= 0.3 is 0 Å². The molecule has 128 valence electrons. The van der Waals surface area contributed by atoms with Crippen molar-refractivity contribution in [2.45, 2.75) is 45.1 Å². The number of ether oxygens (including phenoxy) is 1. The van der Waals surface area contributed by atoms with E-state index < -0.39 is 0 Å². The molecule has 1 heterocycles. The van der Waals surface area contributed by atoms with Crippen LogP contribution in [0.3, 0.4) is 0 Å². The average molecular weight is 323 g/mol. The molecule has 0 bridgehead atoms. The van der Waals surface area contributed by atoms with E-state index in [1.54, 1.807) is 0 Å². The third-order valence-electron chi connectivity index (χ3n) is 4.73. The van der Waals surface area contributed by atoms with Crippen molar-refractivity contribution in [1.29, 1.82) is 0 Å². The first-order chi connectivity index (χ1) is 11.8. The summed E-state index contributed by atoms with van der Waals surface area (Å²) in [6.45, 7) is 5.67. The fourth-order valence-corrected chi connectivity index (χ4v) is 3.47. The lowest BCUT2D eigenvalue weighted by Gasteiger charge is -2.24. The summed E-state index contributed by atoms with van der Waals surface area (Å²) in [6.07, 6.45) is 6.65. The van der Waals surface area contributed by atoms with Crippen LogP contribution in [0.4, 0.5) is 0 Å². The lowest BCUT2D eigenvalue weighted by Crippen LogP contribution is -2.34. The summed E-state index contributed by atoms with van der Waals surface area (Å²) in [7, 11) is 0. The lowest BCUT2D eigenvalue weighted by molar-refractivity contribution is 0.148. The van der Waals surface area contributed by atoms with Crippen LogP contribution in [-0.4, -0.2) is 30.6 Å². The van der Waals surface area contributed by atoms with Gasteiger partial charge in [0.15, 0.2) is 0 Å². The number of rotatable bonds is 6. The highest BCUT2D eigenvalue weighted by Gasteiger charge is 2.13. The van der Waals surface area contributed by atoms with Crippen LogP contribution in [0, 0.1) is 0 Å². The highest BCUT2D eigenvalue weighted by Crippen LogP contribution is 2.17. The molecule has 0 radical (unpaired) electrons. The monoisotopic (exact) mass is 323 g/mol. The maximum atomic E-state index is 6.12. The third-order valence-corrected chi connectivity index (χ3v) is 4.73. The van der Waals surface area contributed by atoms with Crippen LogP contribution in [-0.2, 0) is 6.42 Å². The minimum atomic E-state index is 0.239. The summed E-state index contributed by atoms with van der Waals surface area (Å²) >= 11 is 0. The van der Waals surface area contributed by atoms with E-state index >= 15 is 0 Å². The van der Waals surface area contributed by atoms with Gasteiger partial charge in [-0.15, -0.1) is 0 Å². The van der Waals surface area contributed by atoms with Crippen LogP contribution >= 0.6 is 0 Å². The van der Waals surface area contributed by atoms with Gasteiger partial charge in [0.1, 0.15) is 11.9 Å². The van der Waals surface area contributed by atoms with Gasteiger partial charge in [-0.25, -0.2) is 0 Å². The molecule has 0 spiro atoms. The van der Waals surface area contributed by atoms with Gasteiger partial charge in [-0.2, -0.15) is 0 Å². The zero-order valence-corrected chi connectivity index (χ0v) is 14.8. The van der Waals surface area contributed by atoms with Gasteiger partial charge in [0.2, 0.25) is 0 Å². The fourth-order valence-electron chi connectivity index (χ4n) is 3.47. The lowest BCUT2D eigenvalue weighted by atomic mass is 10.1. The Hall–Kier alpha value is -1.80. The van der Waals surface area contributed by atoms with Gasteiger partial charge in [0, 0.05) is 6.54 Å². The van der Waals surface area contributed by atoms with Crippen LogP contribution in [0.15, 0.2) is 54.6 Å². The van der Waals surface area contributed by atoms with E-state index in [0.29, 0.717) is 0 Å². The molecule has 0 aromatic heterocycles. The highest BCUT2D eigenvalue weighted by atomic mass is 16.5. The minimum absolute atomic E-state index is 0.239. The first kappa shape index (κ1) is 17.0. The molecule has 0 aliphatic carbocycles. The van der Waals surface area contributed by atoms with E-state index in [0.717, 1.165) is 18.7 Å². The van der Waals surface area contributed by atoms with Gasteiger partial charge in [-0.3, -0.25) is 4.90 Å².